The van der Waals surface area contributed by atoms with Crippen LogP contribution >= 0.6 is 15.9 Å². The van der Waals surface area contributed by atoms with E-state index in [1.807, 2.05) is 0 Å². The predicted molar refractivity (Wildman–Crippen MR) is 67.1 cm³/mol. The van der Waals surface area contributed by atoms with Gasteiger partial charge in [0.05, 0.1) is 4.47 Å². The van der Waals surface area contributed by atoms with Gasteiger partial charge in [0.25, 0.3) is 0 Å². The summed E-state index contributed by atoms with van der Waals surface area (Å²) >= 11 is 3.03. The van der Waals surface area contributed by atoms with E-state index in [2.05, 4.69) is 21.2 Å². The number of alkyl halides is 3. The molecule has 0 bridgehead atoms. The van der Waals surface area contributed by atoms with Gasteiger partial charge in [0.2, 0.25) is 0 Å². The number of halogens is 5. The minimum atomic E-state index is -4.11. The first-order valence-corrected chi connectivity index (χ1v) is 6.35. The lowest BCUT2D eigenvalue weighted by Gasteiger charge is -2.16. The monoisotopic (exact) mass is 327 g/mol. The van der Waals surface area contributed by atoms with E-state index in [0.717, 1.165) is 0 Å². The van der Waals surface area contributed by atoms with Crippen LogP contribution in [0.2, 0.25) is 0 Å². The topological polar surface area (TPSA) is 12.0 Å². The molecule has 0 saturated heterocycles. The van der Waals surface area contributed by atoms with Crippen LogP contribution in [0.3, 0.4) is 0 Å². The van der Waals surface area contributed by atoms with Crippen LogP contribution in [-0.4, -0.2) is 12.2 Å². The minimum Gasteiger partial charge on any atom is -0.383 e. The molecule has 6 heteroatoms. The van der Waals surface area contributed by atoms with Gasteiger partial charge in [0.15, 0.2) is 0 Å². The van der Waals surface area contributed by atoms with Crippen LogP contribution < -0.4 is 5.32 Å². The molecule has 1 aromatic rings. The Kier molecular flexibility index (Phi) is 5.44. The van der Waals surface area contributed by atoms with E-state index >= 15 is 0 Å². The SMILES string of the molecule is CC(CCCC(F)(F)F)Nc1ccc(Br)c(F)c1. The Balaban J connectivity index is 2.40. The fourth-order valence-electron chi connectivity index (χ4n) is 1.55. The number of benzene rings is 1. The first-order valence-electron chi connectivity index (χ1n) is 5.56. The van der Waals surface area contributed by atoms with Crippen molar-refractivity contribution in [2.24, 2.45) is 0 Å². The summed E-state index contributed by atoms with van der Waals surface area (Å²) in [5.41, 5.74) is 0.565. The van der Waals surface area contributed by atoms with Gasteiger partial charge < -0.3 is 5.32 Å². The Hall–Kier alpha value is -0.780. The molecule has 0 heterocycles. The van der Waals surface area contributed by atoms with Crippen molar-refractivity contribution in [2.45, 2.75) is 38.4 Å². The molecule has 0 aliphatic heterocycles. The maximum Gasteiger partial charge on any atom is 0.389 e. The Morgan fingerprint density at radius 1 is 1.33 bits per heavy atom. The highest BCUT2D eigenvalue weighted by atomic mass is 79.9. The number of rotatable bonds is 5. The quantitative estimate of drug-likeness (QED) is 0.740. The van der Waals surface area contributed by atoms with E-state index in [-0.39, 0.29) is 12.5 Å². The van der Waals surface area contributed by atoms with E-state index in [1.165, 1.54) is 6.07 Å². The largest absolute Gasteiger partial charge is 0.389 e. The smallest absolute Gasteiger partial charge is 0.383 e. The Labute approximate surface area is 112 Å². The molecule has 1 unspecified atom stereocenters. The van der Waals surface area contributed by atoms with Crippen LogP contribution in [0.4, 0.5) is 23.2 Å². The molecule has 1 aromatic carbocycles. The fraction of sp³-hybridized carbons (Fsp3) is 0.500. The Bertz CT molecular complexity index is 392. The van der Waals surface area contributed by atoms with Gasteiger partial charge in [0, 0.05) is 18.2 Å². The average Bonchev–Trinajstić information content (AvgIpc) is 2.21. The second-order valence-electron chi connectivity index (χ2n) is 4.18. The zero-order valence-electron chi connectivity index (χ0n) is 9.82. The molecule has 0 aromatic heterocycles. The maximum atomic E-state index is 13.2. The zero-order chi connectivity index (χ0) is 13.8. The molecular formula is C12H14BrF4N. The molecule has 0 saturated carbocycles. The number of anilines is 1. The van der Waals surface area contributed by atoms with Crippen LogP contribution in [0.25, 0.3) is 0 Å². The average molecular weight is 328 g/mol. The van der Waals surface area contributed by atoms with Gasteiger partial charge in [-0.25, -0.2) is 4.39 Å². The highest BCUT2D eigenvalue weighted by Crippen LogP contribution is 2.24. The van der Waals surface area contributed by atoms with Crippen LogP contribution in [0.15, 0.2) is 22.7 Å². The zero-order valence-corrected chi connectivity index (χ0v) is 11.4. The molecule has 102 valence electrons. The van der Waals surface area contributed by atoms with Crippen LogP contribution in [0.1, 0.15) is 26.2 Å². The first kappa shape index (κ1) is 15.3. The molecule has 18 heavy (non-hydrogen) atoms. The van der Waals surface area contributed by atoms with Gasteiger partial charge in [-0.2, -0.15) is 13.2 Å². The molecule has 0 fully saturated rings. The van der Waals surface area contributed by atoms with Gasteiger partial charge in [-0.3, -0.25) is 0 Å². The van der Waals surface area contributed by atoms with Crippen LogP contribution in [0, 0.1) is 5.82 Å². The van der Waals surface area contributed by atoms with Crippen LogP contribution in [0.5, 0.6) is 0 Å². The van der Waals surface area contributed by atoms with Crippen molar-refractivity contribution in [2.75, 3.05) is 5.32 Å². The van der Waals surface area contributed by atoms with Gasteiger partial charge in [-0.15, -0.1) is 0 Å². The predicted octanol–water partition coefficient (Wildman–Crippen LogP) is 5.12. The third-order valence-corrected chi connectivity index (χ3v) is 3.07. The second kappa shape index (κ2) is 6.41. The van der Waals surface area contributed by atoms with E-state index in [1.54, 1.807) is 19.1 Å². The second-order valence-corrected chi connectivity index (χ2v) is 5.04. The van der Waals surface area contributed by atoms with Crippen molar-refractivity contribution in [1.82, 2.24) is 0 Å². The summed E-state index contributed by atoms with van der Waals surface area (Å²) in [5, 5.41) is 2.97. The van der Waals surface area contributed by atoms with E-state index in [4.69, 9.17) is 0 Å². The summed E-state index contributed by atoms with van der Waals surface area (Å²) < 4.78 is 49.4. The number of hydrogen-bond donors (Lipinski definition) is 1. The van der Waals surface area contributed by atoms with Crippen molar-refractivity contribution in [3.63, 3.8) is 0 Å². The van der Waals surface area contributed by atoms with E-state index in [9.17, 15) is 17.6 Å². The summed E-state index contributed by atoms with van der Waals surface area (Å²) in [6, 6.07) is 4.41. The Morgan fingerprint density at radius 2 is 2.00 bits per heavy atom. The van der Waals surface area contributed by atoms with Gasteiger partial charge >= 0.3 is 6.18 Å². The third-order valence-electron chi connectivity index (χ3n) is 2.43. The molecule has 1 N–H and O–H groups in total. The molecule has 1 rings (SSSR count). The van der Waals surface area contributed by atoms with Crippen LogP contribution in [-0.2, 0) is 0 Å². The van der Waals surface area contributed by atoms with Crippen molar-refractivity contribution < 1.29 is 17.6 Å². The highest BCUT2D eigenvalue weighted by molar-refractivity contribution is 9.10. The minimum absolute atomic E-state index is 0.0661. The van der Waals surface area contributed by atoms with Crippen molar-refractivity contribution in [3.8, 4) is 0 Å². The molecule has 0 amide bonds. The van der Waals surface area contributed by atoms with Crippen molar-refractivity contribution in [3.05, 3.63) is 28.5 Å². The maximum absolute atomic E-state index is 13.2. The molecule has 0 spiro atoms. The summed E-state index contributed by atoms with van der Waals surface area (Å²) in [6.45, 7) is 1.77. The molecular weight excluding hydrogens is 314 g/mol. The van der Waals surface area contributed by atoms with E-state index < -0.39 is 18.4 Å². The lowest BCUT2D eigenvalue weighted by atomic mass is 10.1. The van der Waals surface area contributed by atoms with Gasteiger partial charge in [0.1, 0.15) is 5.82 Å². The molecule has 0 aliphatic rings. The summed E-state index contributed by atoms with van der Waals surface area (Å²) in [4.78, 5) is 0. The third kappa shape index (κ3) is 5.71. The Morgan fingerprint density at radius 3 is 2.56 bits per heavy atom. The number of nitrogens with one attached hydrogen (secondary N) is 1. The van der Waals surface area contributed by atoms with Gasteiger partial charge in [-0.05, 0) is 53.9 Å². The van der Waals surface area contributed by atoms with Crippen molar-refractivity contribution in [1.29, 1.82) is 0 Å². The summed E-state index contributed by atoms with van der Waals surface area (Å²) in [6.07, 6.45) is -4.44. The lowest BCUT2D eigenvalue weighted by molar-refractivity contribution is -0.135. The van der Waals surface area contributed by atoms with Gasteiger partial charge in [-0.1, -0.05) is 0 Å². The number of hydrogen-bond acceptors (Lipinski definition) is 1. The molecule has 1 atom stereocenters. The van der Waals surface area contributed by atoms with E-state index in [0.29, 0.717) is 16.6 Å². The molecule has 0 radical (unpaired) electrons. The highest BCUT2D eigenvalue weighted by Gasteiger charge is 2.26. The lowest BCUT2D eigenvalue weighted by Crippen LogP contribution is -2.16. The summed E-state index contributed by atoms with van der Waals surface area (Å²) in [5.74, 6) is -0.400. The normalized spacial score (nSPS) is 13.4. The fourth-order valence-corrected chi connectivity index (χ4v) is 1.80. The first-order chi connectivity index (χ1) is 8.28. The standard InChI is InChI=1S/C12H14BrF4N/c1-8(3-2-6-12(15,16)17)18-9-4-5-10(13)11(14)7-9/h4-5,7-8,18H,2-3,6H2,1H3. The molecule has 1 nitrogen and oxygen atoms in total. The summed E-state index contributed by atoms with van der Waals surface area (Å²) in [7, 11) is 0. The van der Waals surface area contributed by atoms with Crippen molar-refractivity contribution >= 4 is 21.6 Å². The molecule has 0 aliphatic carbocycles.